The Morgan fingerprint density at radius 3 is 1.53 bits per heavy atom. The normalized spacial score (nSPS) is 13.7. The van der Waals surface area contributed by atoms with Gasteiger partial charge in [-0.1, -0.05) is 11.6 Å². The van der Waals surface area contributed by atoms with E-state index in [1.165, 1.54) is 0 Å². The van der Waals surface area contributed by atoms with Gasteiger partial charge in [0.2, 0.25) is 0 Å². The Hall–Kier alpha value is -1.32. The highest BCUT2D eigenvalue weighted by atomic mass is 16.4. The number of aliphatic carboxylic acids is 2. The van der Waals surface area contributed by atoms with Crippen LogP contribution in [0.5, 0.6) is 0 Å². The second-order valence-corrected chi connectivity index (χ2v) is 6.52. The third kappa shape index (κ3) is 5.05. The molecule has 0 unspecified atom stereocenters. The predicted octanol–water partition coefficient (Wildman–Crippen LogP) is 3.57. The zero-order valence-corrected chi connectivity index (χ0v) is 12.8. The van der Waals surface area contributed by atoms with Crippen molar-refractivity contribution >= 4 is 11.9 Å². The molecule has 0 aromatic carbocycles. The zero-order valence-electron chi connectivity index (χ0n) is 12.8. The molecule has 0 saturated carbocycles. The van der Waals surface area contributed by atoms with Crippen molar-refractivity contribution in [3.8, 4) is 0 Å². The van der Waals surface area contributed by atoms with Crippen molar-refractivity contribution in [3.63, 3.8) is 0 Å². The van der Waals surface area contributed by atoms with Crippen LogP contribution in [0.15, 0.2) is 11.6 Å². The molecular formula is C15H26O4. The quantitative estimate of drug-likeness (QED) is 0.693. The van der Waals surface area contributed by atoms with Gasteiger partial charge in [0.25, 0.3) is 0 Å². The molecule has 110 valence electrons. The molecule has 0 rings (SSSR count). The smallest absolute Gasteiger partial charge is 0.309 e. The van der Waals surface area contributed by atoms with Crippen LogP contribution in [0.2, 0.25) is 0 Å². The Labute approximate surface area is 115 Å². The van der Waals surface area contributed by atoms with E-state index in [2.05, 4.69) is 0 Å². The molecule has 4 heteroatoms. The summed E-state index contributed by atoms with van der Waals surface area (Å²) in [5.74, 6) is -1.74. The third-order valence-electron chi connectivity index (χ3n) is 3.77. The molecular weight excluding hydrogens is 244 g/mol. The highest BCUT2D eigenvalue weighted by Gasteiger charge is 2.36. The number of allylic oxidation sites excluding steroid dienone is 2. The fraction of sp³-hybridized carbons (Fsp3) is 0.733. The molecule has 0 amide bonds. The molecule has 0 aromatic rings. The van der Waals surface area contributed by atoms with E-state index in [0.29, 0.717) is 12.8 Å². The van der Waals surface area contributed by atoms with E-state index in [0.717, 1.165) is 5.57 Å². The van der Waals surface area contributed by atoms with Crippen LogP contribution in [0.1, 0.15) is 54.4 Å². The first-order valence-corrected chi connectivity index (χ1v) is 6.53. The van der Waals surface area contributed by atoms with E-state index in [9.17, 15) is 19.8 Å². The number of rotatable bonds is 7. The molecule has 0 fully saturated rings. The Bertz CT molecular complexity index is 350. The first-order valence-electron chi connectivity index (χ1n) is 6.53. The van der Waals surface area contributed by atoms with Crippen LogP contribution in [0.25, 0.3) is 0 Å². The molecule has 2 N–H and O–H groups in total. The minimum Gasteiger partial charge on any atom is -0.481 e. The minimum atomic E-state index is -0.858. The maximum absolute atomic E-state index is 11.2. The zero-order chi connectivity index (χ0) is 15.4. The summed E-state index contributed by atoms with van der Waals surface area (Å²) in [6.07, 6.45) is 2.81. The van der Waals surface area contributed by atoms with Gasteiger partial charge in [0.15, 0.2) is 0 Å². The van der Waals surface area contributed by atoms with Crippen molar-refractivity contribution in [2.75, 3.05) is 0 Å². The summed E-state index contributed by atoms with van der Waals surface area (Å²) < 4.78 is 0. The molecule has 0 aromatic heterocycles. The van der Waals surface area contributed by atoms with Crippen molar-refractivity contribution in [2.24, 2.45) is 16.7 Å². The molecule has 0 atom stereocenters. The van der Waals surface area contributed by atoms with Gasteiger partial charge in [0.1, 0.15) is 0 Å². The largest absolute Gasteiger partial charge is 0.481 e. The van der Waals surface area contributed by atoms with E-state index in [-0.39, 0.29) is 5.92 Å². The van der Waals surface area contributed by atoms with Gasteiger partial charge in [-0.2, -0.15) is 0 Å². The molecule has 0 spiro atoms. The average molecular weight is 270 g/mol. The van der Waals surface area contributed by atoms with Gasteiger partial charge in [-0.05, 0) is 60.3 Å². The lowest BCUT2D eigenvalue weighted by Crippen LogP contribution is -2.32. The van der Waals surface area contributed by atoms with Gasteiger partial charge >= 0.3 is 11.9 Å². The summed E-state index contributed by atoms with van der Waals surface area (Å²) in [5, 5.41) is 18.4. The number of carboxylic acids is 2. The van der Waals surface area contributed by atoms with Crippen LogP contribution in [0.3, 0.4) is 0 Å². The number of carbonyl (C=O) groups is 2. The summed E-state index contributed by atoms with van der Waals surface area (Å²) in [5.41, 5.74) is -0.670. The van der Waals surface area contributed by atoms with Crippen LogP contribution >= 0.6 is 0 Å². The second-order valence-electron chi connectivity index (χ2n) is 6.52. The van der Waals surface area contributed by atoms with E-state index < -0.39 is 22.8 Å². The van der Waals surface area contributed by atoms with Crippen molar-refractivity contribution in [3.05, 3.63) is 11.6 Å². The average Bonchev–Trinajstić information content (AvgIpc) is 2.25. The lowest BCUT2D eigenvalue weighted by Gasteiger charge is -2.31. The predicted molar refractivity (Wildman–Crippen MR) is 75.0 cm³/mol. The van der Waals surface area contributed by atoms with E-state index in [1.54, 1.807) is 27.7 Å². The highest BCUT2D eigenvalue weighted by molar-refractivity contribution is 5.74. The maximum atomic E-state index is 11.2. The van der Waals surface area contributed by atoms with E-state index in [4.69, 9.17) is 0 Å². The standard InChI is InChI=1S/C15H26O4/c1-7-10(2)11(8-14(3,4)12(16)17)9-15(5,6)13(18)19/h7,11H,8-9H2,1-6H3,(H,16,17)(H,18,19)/b10-7+. The molecule has 19 heavy (non-hydrogen) atoms. The van der Waals surface area contributed by atoms with Gasteiger partial charge in [-0.3, -0.25) is 9.59 Å². The Kier molecular flexibility index (Phi) is 5.79. The summed E-state index contributed by atoms with van der Waals surface area (Å²) >= 11 is 0. The Morgan fingerprint density at radius 2 is 1.32 bits per heavy atom. The van der Waals surface area contributed by atoms with Gasteiger partial charge < -0.3 is 10.2 Å². The number of carboxylic acid groups (broad SMARTS) is 2. The SMILES string of the molecule is C/C=C(\C)C(CC(C)(C)C(=O)O)CC(C)(C)C(=O)O. The molecule has 4 nitrogen and oxygen atoms in total. The molecule has 0 aliphatic carbocycles. The van der Waals surface area contributed by atoms with Crippen LogP contribution in [0, 0.1) is 16.7 Å². The van der Waals surface area contributed by atoms with Crippen LogP contribution in [0.4, 0.5) is 0 Å². The van der Waals surface area contributed by atoms with Crippen molar-refractivity contribution < 1.29 is 19.8 Å². The van der Waals surface area contributed by atoms with Crippen LogP contribution < -0.4 is 0 Å². The summed E-state index contributed by atoms with van der Waals surface area (Å²) in [4.78, 5) is 22.5. The van der Waals surface area contributed by atoms with Gasteiger partial charge in [-0.25, -0.2) is 0 Å². The molecule has 0 heterocycles. The lowest BCUT2D eigenvalue weighted by atomic mass is 9.72. The molecule has 0 aliphatic heterocycles. The first-order chi connectivity index (χ1) is 8.44. The fourth-order valence-electron chi connectivity index (χ4n) is 2.04. The Morgan fingerprint density at radius 1 is 1.00 bits per heavy atom. The third-order valence-corrected chi connectivity index (χ3v) is 3.77. The maximum Gasteiger partial charge on any atom is 0.309 e. The lowest BCUT2D eigenvalue weighted by molar-refractivity contribution is -0.148. The van der Waals surface area contributed by atoms with Gasteiger partial charge in [0.05, 0.1) is 10.8 Å². The summed E-state index contributed by atoms with van der Waals surface area (Å²) in [7, 11) is 0. The first kappa shape index (κ1) is 17.7. The topological polar surface area (TPSA) is 74.6 Å². The minimum absolute atomic E-state index is 0.0396. The Balaban J connectivity index is 5.17. The van der Waals surface area contributed by atoms with E-state index in [1.807, 2.05) is 19.9 Å². The van der Waals surface area contributed by atoms with Crippen molar-refractivity contribution in [1.82, 2.24) is 0 Å². The fourth-order valence-corrected chi connectivity index (χ4v) is 2.04. The van der Waals surface area contributed by atoms with Crippen molar-refractivity contribution in [1.29, 1.82) is 0 Å². The second kappa shape index (κ2) is 6.22. The molecule has 0 aliphatic rings. The van der Waals surface area contributed by atoms with Gasteiger partial charge in [0, 0.05) is 0 Å². The number of hydrogen-bond acceptors (Lipinski definition) is 2. The van der Waals surface area contributed by atoms with Gasteiger partial charge in [-0.15, -0.1) is 0 Å². The summed E-state index contributed by atoms with van der Waals surface area (Å²) in [6, 6.07) is 0. The molecule has 0 saturated heterocycles. The van der Waals surface area contributed by atoms with Crippen molar-refractivity contribution in [2.45, 2.75) is 54.4 Å². The van der Waals surface area contributed by atoms with E-state index >= 15 is 0 Å². The summed E-state index contributed by atoms with van der Waals surface area (Å²) in [6.45, 7) is 10.5. The highest BCUT2D eigenvalue weighted by Crippen LogP contribution is 2.37. The van der Waals surface area contributed by atoms with Crippen LogP contribution in [-0.2, 0) is 9.59 Å². The number of hydrogen-bond donors (Lipinski definition) is 2. The van der Waals surface area contributed by atoms with Crippen LogP contribution in [-0.4, -0.2) is 22.2 Å². The molecule has 0 bridgehead atoms. The monoisotopic (exact) mass is 270 g/mol. The molecule has 0 radical (unpaired) electrons.